The zero-order valence-corrected chi connectivity index (χ0v) is 5.20. The Balaban J connectivity index is 2.78. The second-order valence-electron chi connectivity index (χ2n) is 2.41. The molecule has 0 aliphatic heterocycles. The molecule has 50 valence electrons. The first kappa shape index (κ1) is 6.46. The fourth-order valence-electron chi connectivity index (χ4n) is 0.796. The first-order valence-corrected chi connectivity index (χ1v) is 2.84. The Kier molecular flexibility index (Phi) is 1.39. The standard InChI is InChI=1S/C7H8F2/c1-7(9)4-2-3-6(8)5-7/h2-3,5H,4H2,1H3/t7-/m0/s1. The van der Waals surface area contributed by atoms with Gasteiger partial charge in [0, 0.05) is 6.42 Å². The van der Waals surface area contributed by atoms with Gasteiger partial charge in [0.2, 0.25) is 0 Å². The van der Waals surface area contributed by atoms with Crippen LogP contribution in [-0.2, 0) is 0 Å². The van der Waals surface area contributed by atoms with Crippen molar-refractivity contribution in [3.05, 3.63) is 24.1 Å². The minimum absolute atomic E-state index is 0.278. The summed E-state index contributed by atoms with van der Waals surface area (Å²) in [6, 6.07) is 0. The Morgan fingerprint density at radius 1 is 1.67 bits per heavy atom. The van der Waals surface area contributed by atoms with Gasteiger partial charge in [-0.1, -0.05) is 6.08 Å². The lowest BCUT2D eigenvalue weighted by Gasteiger charge is -2.15. The number of hydrogen-bond donors (Lipinski definition) is 0. The normalized spacial score (nSPS) is 34.3. The topological polar surface area (TPSA) is 0 Å². The highest BCUT2D eigenvalue weighted by atomic mass is 19.1. The largest absolute Gasteiger partial charge is 0.239 e. The van der Waals surface area contributed by atoms with E-state index in [2.05, 4.69) is 0 Å². The minimum Gasteiger partial charge on any atom is -0.239 e. The number of rotatable bonds is 0. The van der Waals surface area contributed by atoms with Gasteiger partial charge in [-0.05, 0) is 19.1 Å². The van der Waals surface area contributed by atoms with Crippen LogP contribution in [0.2, 0.25) is 0 Å². The summed E-state index contributed by atoms with van der Waals surface area (Å²) in [6.07, 6.45) is 4.05. The van der Waals surface area contributed by atoms with Crippen molar-refractivity contribution >= 4 is 0 Å². The summed E-state index contributed by atoms with van der Waals surface area (Å²) in [7, 11) is 0. The summed E-state index contributed by atoms with van der Waals surface area (Å²) in [5, 5.41) is 0. The molecule has 0 N–H and O–H groups in total. The highest BCUT2D eigenvalue weighted by Crippen LogP contribution is 2.24. The van der Waals surface area contributed by atoms with Crippen molar-refractivity contribution in [2.45, 2.75) is 19.0 Å². The maximum absolute atomic E-state index is 12.8. The van der Waals surface area contributed by atoms with Crippen molar-refractivity contribution in [1.29, 1.82) is 0 Å². The molecule has 1 aliphatic carbocycles. The van der Waals surface area contributed by atoms with Crippen LogP contribution < -0.4 is 0 Å². The van der Waals surface area contributed by atoms with Crippen LogP contribution in [0.4, 0.5) is 8.78 Å². The minimum atomic E-state index is -1.47. The van der Waals surface area contributed by atoms with Crippen LogP contribution in [0.25, 0.3) is 0 Å². The van der Waals surface area contributed by atoms with Gasteiger partial charge in [0.05, 0.1) is 0 Å². The quantitative estimate of drug-likeness (QED) is 0.472. The van der Waals surface area contributed by atoms with E-state index in [0.29, 0.717) is 0 Å². The van der Waals surface area contributed by atoms with E-state index in [1.807, 2.05) is 0 Å². The monoisotopic (exact) mass is 130 g/mol. The number of allylic oxidation sites excluding steroid dienone is 4. The second-order valence-corrected chi connectivity index (χ2v) is 2.41. The van der Waals surface area contributed by atoms with Crippen molar-refractivity contribution in [2.75, 3.05) is 0 Å². The second kappa shape index (κ2) is 1.94. The Bertz CT molecular complexity index is 166. The smallest absolute Gasteiger partial charge is 0.132 e. The van der Waals surface area contributed by atoms with Gasteiger partial charge >= 0.3 is 0 Å². The van der Waals surface area contributed by atoms with Gasteiger partial charge in [-0.3, -0.25) is 0 Å². The first-order chi connectivity index (χ1) is 4.10. The molecule has 0 unspecified atom stereocenters. The number of hydrogen-bond acceptors (Lipinski definition) is 0. The molecule has 0 radical (unpaired) electrons. The molecule has 0 nitrogen and oxygen atoms in total. The van der Waals surface area contributed by atoms with Gasteiger partial charge < -0.3 is 0 Å². The maximum Gasteiger partial charge on any atom is 0.132 e. The Morgan fingerprint density at radius 3 is 2.67 bits per heavy atom. The molecular formula is C7H8F2. The summed E-state index contributed by atoms with van der Waals surface area (Å²) >= 11 is 0. The third-order valence-electron chi connectivity index (χ3n) is 1.23. The Morgan fingerprint density at radius 2 is 2.33 bits per heavy atom. The maximum atomic E-state index is 12.8. The molecule has 2 heteroatoms. The van der Waals surface area contributed by atoms with Gasteiger partial charge in [-0.25, -0.2) is 8.78 Å². The van der Waals surface area contributed by atoms with Crippen LogP contribution >= 0.6 is 0 Å². The first-order valence-electron chi connectivity index (χ1n) is 2.84. The molecule has 0 saturated heterocycles. The number of alkyl halides is 1. The van der Waals surface area contributed by atoms with E-state index in [4.69, 9.17) is 0 Å². The van der Waals surface area contributed by atoms with E-state index in [-0.39, 0.29) is 6.42 Å². The van der Waals surface area contributed by atoms with E-state index in [1.54, 1.807) is 0 Å². The fourth-order valence-corrected chi connectivity index (χ4v) is 0.796. The molecule has 1 aliphatic rings. The lowest BCUT2D eigenvalue weighted by molar-refractivity contribution is 0.254. The highest BCUT2D eigenvalue weighted by Gasteiger charge is 2.21. The van der Waals surface area contributed by atoms with Crippen molar-refractivity contribution in [3.8, 4) is 0 Å². The Hall–Kier alpha value is -0.660. The molecule has 0 amide bonds. The summed E-state index contributed by atoms with van der Waals surface area (Å²) in [5.74, 6) is -0.480. The van der Waals surface area contributed by atoms with E-state index >= 15 is 0 Å². The summed E-state index contributed by atoms with van der Waals surface area (Å²) < 4.78 is 25.0. The van der Waals surface area contributed by atoms with Crippen LogP contribution in [0.1, 0.15) is 13.3 Å². The van der Waals surface area contributed by atoms with Gasteiger partial charge in [-0.2, -0.15) is 0 Å². The van der Waals surface area contributed by atoms with Crippen LogP contribution in [-0.4, -0.2) is 5.67 Å². The summed E-state index contributed by atoms with van der Waals surface area (Å²) in [6.45, 7) is 1.36. The molecule has 0 spiro atoms. The van der Waals surface area contributed by atoms with Gasteiger partial charge in [0.1, 0.15) is 11.5 Å². The predicted octanol–water partition coefficient (Wildman–Crippen LogP) is 2.53. The third-order valence-corrected chi connectivity index (χ3v) is 1.23. The Labute approximate surface area is 52.9 Å². The van der Waals surface area contributed by atoms with Crippen LogP contribution in [0.3, 0.4) is 0 Å². The van der Waals surface area contributed by atoms with Crippen molar-refractivity contribution < 1.29 is 8.78 Å². The lowest BCUT2D eigenvalue weighted by Crippen LogP contribution is -2.14. The molecule has 0 bridgehead atoms. The van der Waals surface area contributed by atoms with Crippen molar-refractivity contribution in [1.82, 2.24) is 0 Å². The molecule has 0 aromatic rings. The molecule has 0 fully saturated rings. The molecule has 0 saturated carbocycles. The molecule has 0 aromatic heterocycles. The molecular weight excluding hydrogens is 122 g/mol. The molecule has 0 heterocycles. The molecule has 9 heavy (non-hydrogen) atoms. The number of halogens is 2. The van der Waals surface area contributed by atoms with Crippen molar-refractivity contribution in [2.24, 2.45) is 0 Å². The third kappa shape index (κ3) is 1.63. The van der Waals surface area contributed by atoms with E-state index < -0.39 is 11.5 Å². The summed E-state index contributed by atoms with van der Waals surface area (Å²) in [5.41, 5.74) is -1.47. The average molecular weight is 130 g/mol. The molecule has 1 rings (SSSR count). The summed E-state index contributed by atoms with van der Waals surface area (Å²) in [4.78, 5) is 0. The SMILES string of the molecule is C[C@@]1(F)C=C(F)C=CC1. The highest BCUT2D eigenvalue weighted by molar-refractivity contribution is 5.22. The van der Waals surface area contributed by atoms with Crippen LogP contribution in [0.5, 0.6) is 0 Å². The fraction of sp³-hybridized carbons (Fsp3) is 0.429. The van der Waals surface area contributed by atoms with Gasteiger partial charge in [-0.15, -0.1) is 0 Å². The molecule has 1 atom stereocenters. The van der Waals surface area contributed by atoms with Crippen LogP contribution in [0, 0.1) is 0 Å². The lowest BCUT2D eigenvalue weighted by atomic mass is 10.00. The van der Waals surface area contributed by atoms with E-state index in [0.717, 1.165) is 6.08 Å². The average Bonchev–Trinajstić information content (AvgIpc) is 1.60. The zero-order valence-electron chi connectivity index (χ0n) is 5.20. The predicted molar refractivity (Wildman–Crippen MR) is 32.5 cm³/mol. The molecule has 0 aromatic carbocycles. The van der Waals surface area contributed by atoms with E-state index in [9.17, 15) is 8.78 Å². The van der Waals surface area contributed by atoms with Gasteiger partial charge in [0.25, 0.3) is 0 Å². The van der Waals surface area contributed by atoms with E-state index in [1.165, 1.54) is 19.1 Å². The van der Waals surface area contributed by atoms with Gasteiger partial charge in [0.15, 0.2) is 0 Å². The zero-order chi connectivity index (χ0) is 6.91. The van der Waals surface area contributed by atoms with Crippen LogP contribution in [0.15, 0.2) is 24.1 Å². The van der Waals surface area contributed by atoms with Crippen molar-refractivity contribution in [3.63, 3.8) is 0 Å².